The number of hydrogen-bond donors (Lipinski definition) is 4. The van der Waals surface area contributed by atoms with E-state index in [-0.39, 0.29) is 29.5 Å². The first-order chi connectivity index (χ1) is 15.7. The lowest BCUT2D eigenvalue weighted by molar-refractivity contribution is -0.120. The number of carbonyl (C=O) groups excluding carboxylic acids is 1. The lowest BCUT2D eigenvalue weighted by Crippen LogP contribution is -2.42. The molecule has 5 N–H and O–H groups in total. The Balaban J connectivity index is 1.85. The van der Waals surface area contributed by atoms with Crippen molar-refractivity contribution in [2.45, 2.75) is 70.9 Å². The summed E-state index contributed by atoms with van der Waals surface area (Å²) in [6.45, 7) is 12.0. The molecule has 0 spiro atoms. The minimum absolute atomic E-state index is 0.0772. The van der Waals surface area contributed by atoms with Crippen molar-refractivity contribution in [1.82, 2.24) is 4.90 Å². The fourth-order valence-corrected chi connectivity index (χ4v) is 4.16. The summed E-state index contributed by atoms with van der Waals surface area (Å²) in [5.74, 6) is 0.341. The van der Waals surface area contributed by atoms with Crippen LogP contribution in [0.1, 0.15) is 59.1 Å². The zero-order valence-corrected chi connectivity index (χ0v) is 20.7. The maximum absolute atomic E-state index is 13.2. The molecule has 1 aliphatic rings. The van der Waals surface area contributed by atoms with Crippen LogP contribution < -0.4 is 15.8 Å². The molecule has 0 aliphatic carbocycles. The molecule has 2 atom stereocenters. The molecule has 1 fully saturated rings. The number of aromatic hydroxyl groups is 1. The van der Waals surface area contributed by atoms with Gasteiger partial charge in [0.15, 0.2) is 0 Å². The Morgan fingerprint density at radius 1 is 1.03 bits per heavy atom. The van der Waals surface area contributed by atoms with Crippen LogP contribution in [0, 0.1) is 0 Å². The lowest BCUT2D eigenvalue weighted by Gasteiger charge is -2.28. The minimum atomic E-state index is -1.18. The van der Waals surface area contributed by atoms with E-state index in [4.69, 9.17) is 10.5 Å². The lowest BCUT2D eigenvalue weighted by atomic mass is 9.79. The molecule has 1 heterocycles. The van der Waals surface area contributed by atoms with Crippen molar-refractivity contribution in [2.75, 3.05) is 17.6 Å². The first kappa shape index (κ1) is 25.2. The highest BCUT2D eigenvalue weighted by atomic mass is 16.5. The number of ether oxygens (including phenoxy) is 1. The van der Waals surface area contributed by atoms with Gasteiger partial charge in [0, 0.05) is 28.9 Å². The number of hydrogen-bond acceptors (Lipinski definition) is 5. The van der Waals surface area contributed by atoms with Crippen LogP contribution in [0.2, 0.25) is 0 Å². The van der Waals surface area contributed by atoms with Crippen LogP contribution in [0.25, 0.3) is 0 Å². The smallest absolute Gasteiger partial charge is 0.408 e. The molecule has 0 radical (unpaired) electrons. The van der Waals surface area contributed by atoms with Gasteiger partial charge in [-0.05, 0) is 47.2 Å². The molecule has 0 unspecified atom stereocenters. The average molecular weight is 470 g/mol. The number of phenols is 1. The molecule has 2 aromatic rings. The Kier molecular flexibility index (Phi) is 6.73. The van der Waals surface area contributed by atoms with E-state index in [2.05, 4.69) is 5.32 Å². The van der Waals surface area contributed by atoms with Gasteiger partial charge in [-0.2, -0.15) is 0 Å². The Morgan fingerprint density at radius 2 is 1.56 bits per heavy atom. The van der Waals surface area contributed by atoms with Crippen molar-refractivity contribution in [1.29, 1.82) is 0 Å². The highest BCUT2D eigenvalue weighted by Crippen LogP contribution is 2.41. The Hall–Kier alpha value is -3.42. The van der Waals surface area contributed by atoms with E-state index >= 15 is 0 Å². The van der Waals surface area contributed by atoms with Crippen molar-refractivity contribution >= 4 is 23.4 Å². The van der Waals surface area contributed by atoms with Crippen LogP contribution in [-0.2, 0) is 15.6 Å². The molecule has 2 aromatic carbocycles. The number of carbonyl (C=O) groups is 2. The third kappa shape index (κ3) is 5.55. The van der Waals surface area contributed by atoms with E-state index in [1.807, 2.05) is 41.5 Å². The van der Waals surface area contributed by atoms with Gasteiger partial charge < -0.3 is 26.0 Å². The fraction of sp³-hybridized carbons (Fsp3) is 0.462. The maximum atomic E-state index is 13.2. The monoisotopic (exact) mass is 469 g/mol. The summed E-state index contributed by atoms with van der Waals surface area (Å²) in [4.78, 5) is 26.2. The summed E-state index contributed by atoms with van der Waals surface area (Å²) in [6.07, 6.45) is -1.43. The molecular weight excluding hydrogens is 434 g/mol. The van der Waals surface area contributed by atoms with Crippen LogP contribution >= 0.6 is 0 Å². The second kappa shape index (κ2) is 9.08. The van der Waals surface area contributed by atoms with Gasteiger partial charge in [0.25, 0.3) is 0 Å². The fourth-order valence-electron chi connectivity index (χ4n) is 4.16. The standard InChI is InChI=1S/C26H35N3O5/c1-25(2,3)19-11-16(12-20(22(19)30)26(4,5)6)28-23(31)21-13-18(14-29(21)24(32)33)34-17-9-7-15(27)8-10-17/h7-12,18,21,30H,13-14,27H2,1-6H3,(H,28,31)(H,32,33)/t18-,21+/m0/s1. The number of nitrogen functional groups attached to an aromatic ring is 1. The number of likely N-dealkylation sites (tertiary alicyclic amines) is 1. The molecular formula is C26H35N3O5. The van der Waals surface area contributed by atoms with Crippen molar-refractivity contribution in [3.05, 3.63) is 47.5 Å². The van der Waals surface area contributed by atoms with Crippen LogP contribution in [0.5, 0.6) is 11.5 Å². The number of amides is 2. The predicted octanol–water partition coefficient (Wildman–Crippen LogP) is 4.71. The normalized spacial score (nSPS) is 18.6. The van der Waals surface area contributed by atoms with Gasteiger partial charge in [0.1, 0.15) is 23.6 Å². The highest BCUT2D eigenvalue weighted by Gasteiger charge is 2.41. The van der Waals surface area contributed by atoms with E-state index in [0.29, 0.717) is 28.3 Å². The van der Waals surface area contributed by atoms with Crippen LogP contribution in [0.15, 0.2) is 36.4 Å². The van der Waals surface area contributed by atoms with Crippen molar-refractivity contribution in [2.24, 2.45) is 0 Å². The van der Waals surface area contributed by atoms with E-state index in [1.54, 1.807) is 36.4 Å². The summed E-state index contributed by atoms with van der Waals surface area (Å²) >= 11 is 0. The van der Waals surface area contributed by atoms with Crippen LogP contribution in [0.3, 0.4) is 0 Å². The second-order valence-electron chi connectivity index (χ2n) is 10.9. The second-order valence-corrected chi connectivity index (χ2v) is 10.9. The number of nitrogens with one attached hydrogen (secondary N) is 1. The molecule has 8 nitrogen and oxygen atoms in total. The Labute approximate surface area is 200 Å². The molecule has 1 saturated heterocycles. The van der Waals surface area contributed by atoms with E-state index in [0.717, 1.165) is 4.90 Å². The summed E-state index contributed by atoms with van der Waals surface area (Å²) in [6, 6.07) is 9.44. The summed E-state index contributed by atoms with van der Waals surface area (Å²) in [7, 11) is 0. The van der Waals surface area contributed by atoms with Gasteiger partial charge in [0.05, 0.1) is 6.54 Å². The molecule has 1 aliphatic heterocycles. The number of anilines is 2. The molecule has 0 aromatic heterocycles. The third-order valence-corrected chi connectivity index (χ3v) is 5.99. The maximum Gasteiger partial charge on any atom is 0.408 e. The summed E-state index contributed by atoms with van der Waals surface area (Å²) < 4.78 is 5.91. The van der Waals surface area contributed by atoms with Crippen LogP contribution in [-0.4, -0.2) is 45.8 Å². The number of carboxylic acid groups (broad SMARTS) is 1. The van der Waals surface area contributed by atoms with Gasteiger partial charge in [-0.3, -0.25) is 9.69 Å². The predicted molar refractivity (Wildman–Crippen MR) is 133 cm³/mol. The highest BCUT2D eigenvalue weighted by molar-refractivity contribution is 5.97. The van der Waals surface area contributed by atoms with E-state index in [9.17, 15) is 19.8 Å². The zero-order valence-electron chi connectivity index (χ0n) is 20.7. The molecule has 0 bridgehead atoms. The number of nitrogens with zero attached hydrogens (tertiary/aromatic N) is 1. The van der Waals surface area contributed by atoms with E-state index < -0.39 is 24.1 Å². The molecule has 0 saturated carbocycles. The van der Waals surface area contributed by atoms with Gasteiger partial charge >= 0.3 is 6.09 Å². The minimum Gasteiger partial charge on any atom is -0.507 e. The molecule has 2 amide bonds. The van der Waals surface area contributed by atoms with Gasteiger partial charge in [-0.1, -0.05) is 41.5 Å². The zero-order chi connectivity index (χ0) is 25.4. The topological polar surface area (TPSA) is 125 Å². The first-order valence-electron chi connectivity index (χ1n) is 11.4. The molecule has 3 rings (SSSR count). The van der Waals surface area contributed by atoms with Crippen molar-refractivity contribution < 1.29 is 24.5 Å². The number of benzene rings is 2. The van der Waals surface area contributed by atoms with Crippen molar-refractivity contribution in [3.63, 3.8) is 0 Å². The van der Waals surface area contributed by atoms with Crippen molar-refractivity contribution in [3.8, 4) is 11.5 Å². The summed E-state index contributed by atoms with van der Waals surface area (Å²) in [5.41, 5.74) is 7.53. The molecule has 34 heavy (non-hydrogen) atoms. The van der Waals surface area contributed by atoms with Gasteiger partial charge in [0.2, 0.25) is 5.91 Å². The SMILES string of the molecule is CC(C)(C)c1cc(NC(=O)[C@H]2C[C@H](Oc3ccc(N)cc3)CN2C(=O)O)cc(C(C)(C)C)c1O. The first-order valence-corrected chi connectivity index (χ1v) is 11.4. The molecule has 184 valence electrons. The van der Waals surface area contributed by atoms with Gasteiger partial charge in [-0.25, -0.2) is 4.79 Å². The Morgan fingerprint density at radius 3 is 2.03 bits per heavy atom. The van der Waals surface area contributed by atoms with Crippen LogP contribution in [0.4, 0.5) is 16.2 Å². The van der Waals surface area contributed by atoms with Gasteiger partial charge in [-0.15, -0.1) is 0 Å². The quantitative estimate of drug-likeness (QED) is 0.380. The number of phenolic OH excluding ortho intramolecular Hbond substituents is 1. The largest absolute Gasteiger partial charge is 0.507 e. The van der Waals surface area contributed by atoms with E-state index in [1.165, 1.54) is 0 Å². The average Bonchev–Trinajstić information content (AvgIpc) is 3.13. The number of nitrogens with two attached hydrogens (primary N) is 1. The molecule has 8 heteroatoms. The third-order valence-electron chi connectivity index (χ3n) is 5.99. The number of rotatable bonds is 4. The Bertz CT molecular complexity index is 1030. The summed E-state index contributed by atoms with van der Waals surface area (Å²) in [5, 5.41) is 23.5.